The zero-order chi connectivity index (χ0) is 19.6. The van der Waals surface area contributed by atoms with Crippen molar-refractivity contribution in [1.82, 2.24) is 16.0 Å². The molecule has 0 radical (unpaired) electrons. The van der Waals surface area contributed by atoms with Gasteiger partial charge >= 0.3 is 0 Å². The summed E-state index contributed by atoms with van der Waals surface area (Å²) in [6.07, 6.45) is 2.97. The molecular weight excluding hydrogens is 349 g/mol. The highest BCUT2D eigenvalue weighted by molar-refractivity contribution is 5.95. The number of carbonyl (C=O) groups is 3. The van der Waals surface area contributed by atoms with E-state index < -0.39 is 11.7 Å². The summed E-state index contributed by atoms with van der Waals surface area (Å²) in [5.74, 6) is -1.63. The largest absolute Gasteiger partial charge is 0.355 e. The smallest absolute Gasteiger partial charge is 0.254 e. The van der Waals surface area contributed by atoms with E-state index in [0.717, 1.165) is 5.56 Å². The molecule has 0 saturated carbocycles. The fourth-order valence-electron chi connectivity index (χ4n) is 2.22. The minimum Gasteiger partial charge on any atom is -0.355 e. The first-order chi connectivity index (χ1) is 13.0. The van der Waals surface area contributed by atoms with Gasteiger partial charge in [0, 0.05) is 31.8 Å². The van der Waals surface area contributed by atoms with Crippen LogP contribution in [0.15, 0.2) is 54.6 Å². The summed E-state index contributed by atoms with van der Waals surface area (Å²) < 4.78 is 13.5. The minimum atomic E-state index is -0.593. The van der Waals surface area contributed by atoms with E-state index in [-0.39, 0.29) is 30.5 Å². The van der Waals surface area contributed by atoms with Crippen LogP contribution >= 0.6 is 0 Å². The van der Waals surface area contributed by atoms with Crippen molar-refractivity contribution in [2.45, 2.75) is 0 Å². The molecule has 0 aliphatic rings. The summed E-state index contributed by atoms with van der Waals surface area (Å²) in [4.78, 5) is 35.0. The van der Waals surface area contributed by atoms with Gasteiger partial charge in [-0.25, -0.2) is 4.39 Å². The summed E-state index contributed by atoms with van der Waals surface area (Å²) >= 11 is 0. The highest BCUT2D eigenvalue weighted by atomic mass is 19.1. The maximum absolute atomic E-state index is 13.5. The monoisotopic (exact) mass is 369 g/mol. The lowest BCUT2D eigenvalue weighted by Crippen LogP contribution is -2.34. The number of amides is 3. The molecule has 0 aliphatic heterocycles. The van der Waals surface area contributed by atoms with Crippen LogP contribution in [0.4, 0.5) is 4.39 Å². The molecule has 0 fully saturated rings. The van der Waals surface area contributed by atoms with E-state index in [2.05, 4.69) is 16.0 Å². The molecular formula is C20H20FN3O3. The first-order valence-corrected chi connectivity index (χ1v) is 8.32. The number of rotatable bonds is 7. The summed E-state index contributed by atoms with van der Waals surface area (Å²) in [5.41, 5.74) is 1.26. The third-order valence-electron chi connectivity index (χ3n) is 3.66. The van der Waals surface area contributed by atoms with Crippen LogP contribution in [0.1, 0.15) is 26.3 Å². The van der Waals surface area contributed by atoms with Crippen molar-refractivity contribution < 1.29 is 18.8 Å². The van der Waals surface area contributed by atoms with Gasteiger partial charge in [-0.3, -0.25) is 14.4 Å². The van der Waals surface area contributed by atoms with Crippen LogP contribution in [0.3, 0.4) is 0 Å². The third-order valence-corrected chi connectivity index (χ3v) is 3.66. The maximum Gasteiger partial charge on any atom is 0.254 e. The van der Waals surface area contributed by atoms with Gasteiger partial charge < -0.3 is 16.0 Å². The second kappa shape index (κ2) is 9.86. The summed E-state index contributed by atoms with van der Waals surface area (Å²) in [7, 11) is 1.55. The summed E-state index contributed by atoms with van der Waals surface area (Å²) in [5, 5.41) is 7.68. The summed E-state index contributed by atoms with van der Waals surface area (Å²) in [6, 6.07) is 12.5. The van der Waals surface area contributed by atoms with Crippen molar-refractivity contribution in [3.63, 3.8) is 0 Å². The Kier molecular flexibility index (Phi) is 7.25. The second-order valence-corrected chi connectivity index (χ2v) is 5.56. The number of carbonyl (C=O) groups excluding carboxylic acids is 3. The first-order valence-electron chi connectivity index (χ1n) is 8.32. The zero-order valence-electron chi connectivity index (χ0n) is 14.8. The Hall–Kier alpha value is -3.48. The molecule has 27 heavy (non-hydrogen) atoms. The minimum absolute atomic E-state index is 0.0380. The molecule has 0 unspecified atom stereocenters. The first kappa shape index (κ1) is 19.8. The molecule has 7 heteroatoms. The van der Waals surface area contributed by atoms with Crippen molar-refractivity contribution in [2.24, 2.45) is 0 Å². The molecule has 140 valence electrons. The normalized spacial score (nSPS) is 10.4. The van der Waals surface area contributed by atoms with E-state index in [1.54, 1.807) is 43.5 Å². The Morgan fingerprint density at radius 2 is 1.59 bits per heavy atom. The SMILES string of the molecule is CNC(=O)c1ccc(C=CC(=O)NCCNC(=O)c2ccccc2F)cc1. The maximum atomic E-state index is 13.5. The molecule has 3 amide bonds. The van der Waals surface area contributed by atoms with Crippen LogP contribution in [0.25, 0.3) is 6.08 Å². The van der Waals surface area contributed by atoms with Gasteiger partial charge in [-0.2, -0.15) is 0 Å². The van der Waals surface area contributed by atoms with E-state index in [4.69, 9.17) is 0 Å². The van der Waals surface area contributed by atoms with Gasteiger partial charge in [-0.15, -0.1) is 0 Å². The van der Waals surface area contributed by atoms with Crippen molar-refractivity contribution in [2.75, 3.05) is 20.1 Å². The number of hydrogen-bond donors (Lipinski definition) is 3. The van der Waals surface area contributed by atoms with Crippen LogP contribution in [-0.4, -0.2) is 37.9 Å². The number of halogens is 1. The van der Waals surface area contributed by atoms with Crippen LogP contribution in [0.5, 0.6) is 0 Å². The van der Waals surface area contributed by atoms with Crippen LogP contribution in [-0.2, 0) is 4.79 Å². The predicted molar refractivity (Wildman–Crippen MR) is 101 cm³/mol. The van der Waals surface area contributed by atoms with Crippen LogP contribution in [0, 0.1) is 5.82 Å². The Morgan fingerprint density at radius 3 is 2.26 bits per heavy atom. The Morgan fingerprint density at radius 1 is 0.926 bits per heavy atom. The lowest BCUT2D eigenvalue weighted by Gasteiger charge is -2.06. The molecule has 2 aromatic rings. The average molecular weight is 369 g/mol. The highest BCUT2D eigenvalue weighted by Crippen LogP contribution is 2.06. The van der Waals surface area contributed by atoms with Crippen molar-refractivity contribution in [3.8, 4) is 0 Å². The van der Waals surface area contributed by atoms with Gasteiger partial charge in [0.15, 0.2) is 0 Å². The predicted octanol–water partition coefficient (Wildman–Crippen LogP) is 1.74. The molecule has 2 rings (SSSR count). The molecule has 3 N–H and O–H groups in total. The molecule has 0 spiro atoms. The molecule has 0 atom stereocenters. The lowest BCUT2D eigenvalue weighted by atomic mass is 10.1. The zero-order valence-corrected chi connectivity index (χ0v) is 14.8. The molecule has 2 aromatic carbocycles. The lowest BCUT2D eigenvalue weighted by molar-refractivity contribution is -0.116. The van der Waals surface area contributed by atoms with Gasteiger partial charge in [-0.05, 0) is 35.9 Å². The standard InChI is InChI=1S/C20H20FN3O3/c1-22-19(26)15-9-6-14(7-10-15)8-11-18(25)23-12-13-24-20(27)16-4-2-3-5-17(16)21/h2-11H,12-13H2,1H3,(H,22,26)(H,23,25)(H,24,27). The molecule has 6 nitrogen and oxygen atoms in total. The van der Waals surface area contributed by atoms with E-state index in [1.165, 1.54) is 24.3 Å². The second-order valence-electron chi connectivity index (χ2n) is 5.56. The van der Waals surface area contributed by atoms with E-state index >= 15 is 0 Å². The molecule has 0 saturated heterocycles. The van der Waals surface area contributed by atoms with Gasteiger partial charge in [0.2, 0.25) is 5.91 Å². The van der Waals surface area contributed by atoms with E-state index in [1.807, 2.05) is 0 Å². The Labute approximate surface area is 156 Å². The Balaban J connectivity index is 1.74. The molecule has 0 bridgehead atoms. The van der Waals surface area contributed by atoms with Crippen LogP contribution in [0.2, 0.25) is 0 Å². The topological polar surface area (TPSA) is 87.3 Å². The number of nitrogens with one attached hydrogen (secondary N) is 3. The Bertz CT molecular complexity index is 848. The number of benzene rings is 2. The van der Waals surface area contributed by atoms with Crippen molar-refractivity contribution in [1.29, 1.82) is 0 Å². The third kappa shape index (κ3) is 6.07. The average Bonchev–Trinajstić information content (AvgIpc) is 2.69. The fourth-order valence-corrected chi connectivity index (χ4v) is 2.22. The fraction of sp³-hybridized carbons (Fsp3) is 0.150. The van der Waals surface area contributed by atoms with Crippen LogP contribution < -0.4 is 16.0 Å². The number of hydrogen-bond acceptors (Lipinski definition) is 3. The quantitative estimate of drug-likeness (QED) is 0.513. The van der Waals surface area contributed by atoms with E-state index in [0.29, 0.717) is 5.56 Å². The van der Waals surface area contributed by atoms with Gasteiger partial charge in [0.1, 0.15) is 5.82 Å². The molecule has 0 aromatic heterocycles. The van der Waals surface area contributed by atoms with E-state index in [9.17, 15) is 18.8 Å². The van der Waals surface area contributed by atoms with Crippen molar-refractivity contribution >= 4 is 23.8 Å². The molecule has 0 heterocycles. The van der Waals surface area contributed by atoms with Gasteiger partial charge in [0.25, 0.3) is 11.8 Å². The molecule has 0 aliphatic carbocycles. The summed E-state index contributed by atoms with van der Waals surface area (Å²) in [6.45, 7) is 0.381. The van der Waals surface area contributed by atoms with Gasteiger partial charge in [0.05, 0.1) is 5.56 Å². The highest BCUT2D eigenvalue weighted by Gasteiger charge is 2.09. The van der Waals surface area contributed by atoms with Crippen molar-refractivity contribution in [3.05, 3.63) is 77.1 Å². The van der Waals surface area contributed by atoms with Gasteiger partial charge in [-0.1, -0.05) is 24.3 Å².